The number of aromatic nitrogens is 4. The molecule has 1 aromatic carbocycles. The third-order valence-electron chi connectivity index (χ3n) is 6.34. The predicted molar refractivity (Wildman–Crippen MR) is 125 cm³/mol. The van der Waals surface area contributed by atoms with E-state index in [9.17, 15) is 19.6 Å². The Morgan fingerprint density at radius 2 is 2.17 bits per heavy atom. The predicted octanol–water partition coefficient (Wildman–Crippen LogP) is 1.92. The van der Waals surface area contributed by atoms with E-state index in [1.165, 1.54) is 31.1 Å². The summed E-state index contributed by atoms with van der Waals surface area (Å²) in [5, 5.41) is 21.8. The van der Waals surface area contributed by atoms with E-state index in [0.29, 0.717) is 28.7 Å². The molecule has 2 aliphatic rings. The van der Waals surface area contributed by atoms with Gasteiger partial charge in [-0.3, -0.25) is 22.9 Å². The standard InChI is InChI=1S/C22H26N5O8P/c1-12(28)13-4-3-5-14(8-13)15-6-7-32-36(31,35-15)33-9-16-18(29)22(2,30)21(34-16)27-11-26-17-19(23)24-10-25-20(17)27/h3-5,8,10-11,15-16,18,21,29-30H,6-7,9H2,1-2H3,(H2,23,24,25)/t15?,16-,18-,21-,22-,36?/m1/s1. The van der Waals surface area contributed by atoms with Gasteiger partial charge >= 0.3 is 7.82 Å². The van der Waals surface area contributed by atoms with Crippen LogP contribution in [0.2, 0.25) is 0 Å². The number of aliphatic hydroxyl groups is 2. The van der Waals surface area contributed by atoms with Crippen LogP contribution in [0.3, 0.4) is 0 Å². The molecular weight excluding hydrogens is 493 g/mol. The number of rotatable bonds is 6. The van der Waals surface area contributed by atoms with Crippen LogP contribution in [0.15, 0.2) is 36.9 Å². The highest BCUT2D eigenvalue weighted by Gasteiger charge is 2.54. The minimum Gasteiger partial charge on any atom is -0.387 e. The van der Waals surface area contributed by atoms with E-state index in [-0.39, 0.29) is 18.2 Å². The molecular formula is C22H26N5O8P. The van der Waals surface area contributed by atoms with E-state index in [1.807, 2.05) is 0 Å². The zero-order valence-corrected chi connectivity index (χ0v) is 20.4. The van der Waals surface area contributed by atoms with E-state index in [0.717, 1.165) is 0 Å². The largest absolute Gasteiger partial charge is 0.475 e. The third kappa shape index (κ3) is 4.43. The van der Waals surface area contributed by atoms with Crippen LogP contribution in [0.5, 0.6) is 0 Å². The van der Waals surface area contributed by atoms with E-state index >= 15 is 0 Å². The van der Waals surface area contributed by atoms with Gasteiger partial charge in [0.2, 0.25) is 0 Å². The van der Waals surface area contributed by atoms with Crippen LogP contribution < -0.4 is 5.73 Å². The number of nitrogens with zero attached hydrogens (tertiary/aromatic N) is 4. The van der Waals surface area contributed by atoms with Crippen LogP contribution in [-0.4, -0.2) is 66.5 Å². The Morgan fingerprint density at radius 1 is 1.36 bits per heavy atom. The van der Waals surface area contributed by atoms with Crippen molar-refractivity contribution in [2.45, 2.75) is 50.4 Å². The SMILES string of the molecule is CC(=O)c1cccc(C2CCOP(=O)(OC[C@H]3O[C@@H](n4cnc5c(N)ncnc54)[C@](C)(O)[C@@H]3O)O2)c1. The number of imidazole rings is 1. The van der Waals surface area contributed by atoms with E-state index < -0.39 is 44.6 Å². The van der Waals surface area contributed by atoms with Gasteiger partial charge in [-0.2, -0.15) is 0 Å². The first-order chi connectivity index (χ1) is 17.1. The molecule has 0 saturated carbocycles. The summed E-state index contributed by atoms with van der Waals surface area (Å²) >= 11 is 0. The molecule has 2 fully saturated rings. The molecule has 13 nitrogen and oxygen atoms in total. The first-order valence-electron chi connectivity index (χ1n) is 11.3. The molecule has 36 heavy (non-hydrogen) atoms. The summed E-state index contributed by atoms with van der Waals surface area (Å²) in [5.41, 5.74) is 5.86. The molecule has 0 bridgehead atoms. The highest BCUT2D eigenvalue weighted by molar-refractivity contribution is 7.48. The lowest BCUT2D eigenvalue weighted by atomic mass is 9.96. The second-order valence-electron chi connectivity index (χ2n) is 8.92. The Balaban J connectivity index is 1.30. The van der Waals surface area contributed by atoms with Crippen LogP contribution in [0.1, 0.15) is 48.5 Å². The number of Topliss-reactive ketones (excluding diaryl/α,β-unsaturated/α-hetero) is 1. The Morgan fingerprint density at radius 3 is 2.94 bits per heavy atom. The van der Waals surface area contributed by atoms with Crippen molar-refractivity contribution in [3.05, 3.63) is 48.0 Å². The number of hydrogen-bond acceptors (Lipinski definition) is 12. The van der Waals surface area contributed by atoms with Crippen molar-refractivity contribution >= 4 is 30.6 Å². The Bertz CT molecular complexity index is 1350. The van der Waals surface area contributed by atoms with Crippen LogP contribution in [0, 0.1) is 0 Å². The van der Waals surface area contributed by atoms with Gasteiger partial charge in [-0.1, -0.05) is 18.2 Å². The van der Waals surface area contributed by atoms with Crippen molar-refractivity contribution in [3.63, 3.8) is 0 Å². The molecule has 0 aliphatic carbocycles. The average Bonchev–Trinajstić information content (AvgIpc) is 3.37. The number of aliphatic hydroxyl groups excluding tert-OH is 1. The van der Waals surface area contributed by atoms with Gasteiger partial charge in [0.25, 0.3) is 0 Å². The molecule has 14 heteroatoms. The third-order valence-corrected chi connectivity index (χ3v) is 7.82. The molecule has 0 amide bonds. The second kappa shape index (κ2) is 9.27. The van der Waals surface area contributed by atoms with Gasteiger partial charge in [-0.05, 0) is 25.5 Å². The lowest BCUT2D eigenvalue weighted by Crippen LogP contribution is -2.44. The maximum atomic E-state index is 13.2. The van der Waals surface area contributed by atoms with E-state index in [1.54, 1.807) is 24.3 Å². The number of ether oxygens (including phenoxy) is 1. The summed E-state index contributed by atoms with van der Waals surface area (Å²) < 4.78 is 37.0. The first kappa shape index (κ1) is 24.9. The van der Waals surface area contributed by atoms with Crippen LogP contribution in [0.4, 0.5) is 5.82 Å². The molecule has 0 spiro atoms. The van der Waals surface area contributed by atoms with Crippen molar-refractivity contribution < 1.29 is 37.9 Å². The summed E-state index contributed by atoms with van der Waals surface area (Å²) in [6, 6.07) is 6.86. The maximum absolute atomic E-state index is 13.2. The normalized spacial score (nSPS) is 32.7. The number of carbonyl (C=O) groups excluding carboxylic acids is 1. The molecule has 6 atom stereocenters. The Hall–Kier alpha value is -2.77. The minimum absolute atomic E-state index is 0.0999. The zero-order valence-electron chi connectivity index (χ0n) is 19.6. The number of phosphoric ester groups is 1. The minimum atomic E-state index is -4.03. The summed E-state index contributed by atoms with van der Waals surface area (Å²) in [4.78, 5) is 23.9. The average molecular weight is 519 g/mol. The maximum Gasteiger partial charge on any atom is 0.475 e. The summed E-state index contributed by atoms with van der Waals surface area (Å²) in [6.45, 7) is 2.56. The Kier molecular flexibility index (Phi) is 6.41. The first-order valence-corrected chi connectivity index (χ1v) is 12.7. The van der Waals surface area contributed by atoms with Crippen molar-refractivity contribution in [3.8, 4) is 0 Å². The van der Waals surface area contributed by atoms with E-state index in [2.05, 4.69) is 15.0 Å². The lowest BCUT2D eigenvalue weighted by Gasteiger charge is -2.30. The van der Waals surface area contributed by atoms with Gasteiger partial charge in [-0.15, -0.1) is 0 Å². The summed E-state index contributed by atoms with van der Waals surface area (Å²) in [7, 11) is -4.03. The molecule has 2 unspecified atom stereocenters. The number of fused-ring (bicyclic) bond motifs is 1. The van der Waals surface area contributed by atoms with Gasteiger partial charge < -0.3 is 20.7 Å². The van der Waals surface area contributed by atoms with Crippen molar-refractivity contribution in [2.75, 3.05) is 18.9 Å². The molecule has 2 aliphatic heterocycles. The number of carbonyl (C=O) groups is 1. The summed E-state index contributed by atoms with van der Waals surface area (Å²) in [5.74, 6) is 0.0575. The van der Waals surface area contributed by atoms with Crippen LogP contribution >= 0.6 is 7.82 Å². The Labute approximate surface area is 205 Å². The molecule has 0 radical (unpaired) electrons. The molecule has 2 aromatic heterocycles. The van der Waals surface area contributed by atoms with Crippen LogP contribution in [-0.2, 0) is 22.9 Å². The highest BCUT2D eigenvalue weighted by atomic mass is 31.2. The van der Waals surface area contributed by atoms with Gasteiger partial charge in [-0.25, -0.2) is 19.5 Å². The van der Waals surface area contributed by atoms with Crippen molar-refractivity contribution in [1.29, 1.82) is 0 Å². The summed E-state index contributed by atoms with van der Waals surface area (Å²) in [6.07, 6.45) is -1.18. The molecule has 192 valence electrons. The van der Waals surface area contributed by atoms with Gasteiger partial charge in [0.05, 0.1) is 25.6 Å². The van der Waals surface area contributed by atoms with Crippen molar-refractivity contribution in [1.82, 2.24) is 19.5 Å². The topological polar surface area (TPSA) is 181 Å². The number of nitrogens with two attached hydrogens (primary N) is 1. The highest BCUT2D eigenvalue weighted by Crippen LogP contribution is 2.57. The fourth-order valence-corrected chi connectivity index (χ4v) is 5.74. The quantitative estimate of drug-likeness (QED) is 0.318. The fraction of sp³-hybridized carbons (Fsp3) is 0.455. The number of nitrogen functional groups attached to an aromatic ring is 1. The zero-order chi connectivity index (χ0) is 25.7. The number of anilines is 1. The smallest absolute Gasteiger partial charge is 0.387 e. The second-order valence-corrected chi connectivity index (χ2v) is 10.5. The molecule has 2 saturated heterocycles. The monoisotopic (exact) mass is 519 g/mol. The van der Waals surface area contributed by atoms with Gasteiger partial charge in [0.1, 0.15) is 29.7 Å². The van der Waals surface area contributed by atoms with Crippen LogP contribution in [0.25, 0.3) is 11.2 Å². The molecule has 4 N–H and O–H groups in total. The van der Waals surface area contributed by atoms with Gasteiger partial charge in [0.15, 0.2) is 23.5 Å². The number of benzene rings is 1. The molecule has 3 aromatic rings. The lowest BCUT2D eigenvalue weighted by molar-refractivity contribution is -0.0953. The van der Waals surface area contributed by atoms with Gasteiger partial charge in [0, 0.05) is 12.0 Å². The molecule has 4 heterocycles. The number of hydrogen-bond donors (Lipinski definition) is 3. The number of phosphoric acid groups is 1. The van der Waals surface area contributed by atoms with E-state index in [4.69, 9.17) is 24.0 Å². The molecule has 5 rings (SSSR count). The van der Waals surface area contributed by atoms with Crippen molar-refractivity contribution in [2.24, 2.45) is 0 Å². The number of ketones is 1. The fourth-order valence-electron chi connectivity index (χ4n) is 4.35.